The monoisotopic (exact) mass is 403 g/mol. The molecule has 2 aromatic rings. The van der Waals surface area contributed by atoms with Gasteiger partial charge in [-0.15, -0.1) is 0 Å². The van der Waals surface area contributed by atoms with E-state index < -0.39 is 5.91 Å². The van der Waals surface area contributed by atoms with Crippen LogP contribution in [0, 0.1) is 0 Å². The van der Waals surface area contributed by atoms with Gasteiger partial charge < -0.3 is 25.4 Å². The SMILES string of the molecule is COc1cc(C(=O)N2CCC(Nc3ccccc3)C2)cc(Cl)c1OCC(N)=O. The van der Waals surface area contributed by atoms with Crippen molar-refractivity contribution in [3.63, 3.8) is 0 Å². The van der Waals surface area contributed by atoms with E-state index in [0.717, 1.165) is 12.1 Å². The number of nitrogens with one attached hydrogen (secondary N) is 1. The summed E-state index contributed by atoms with van der Waals surface area (Å²) in [6, 6.07) is 13.2. The zero-order chi connectivity index (χ0) is 20.1. The molecule has 0 saturated carbocycles. The van der Waals surface area contributed by atoms with Crippen molar-refractivity contribution in [2.75, 3.05) is 32.1 Å². The van der Waals surface area contributed by atoms with Crippen LogP contribution in [0.3, 0.4) is 0 Å². The lowest BCUT2D eigenvalue weighted by molar-refractivity contribution is -0.119. The number of anilines is 1. The highest BCUT2D eigenvalue weighted by Gasteiger charge is 2.28. The van der Waals surface area contributed by atoms with E-state index in [2.05, 4.69) is 5.32 Å². The van der Waals surface area contributed by atoms with Crippen LogP contribution in [0.5, 0.6) is 11.5 Å². The van der Waals surface area contributed by atoms with Crippen molar-refractivity contribution >= 4 is 29.1 Å². The fourth-order valence-corrected chi connectivity index (χ4v) is 3.41. The highest BCUT2D eigenvalue weighted by molar-refractivity contribution is 6.32. The van der Waals surface area contributed by atoms with E-state index in [1.165, 1.54) is 13.2 Å². The molecular formula is C20H22ClN3O4. The van der Waals surface area contributed by atoms with Crippen LogP contribution < -0.4 is 20.5 Å². The minimum atomic E-state index is -0.632. The molecule has 1 fully saturated rings. The lowest BCUT2D eigenvalue weighted by atomic mass is 10.1. The van der Waals surface area contributed by atoms with E-state index in [1.807, 2.05) is 30.3 Å². The number of halogens is 1. The molecule has 1 aliphatic heterocycles. The van der Waals surface area contributed by atoms with Crippen molar-refractivity contribution < 1.29 is 19.1 Å². The summed E-state index contributed by atoms with van der Waals surface area (Å²) in [4.78, 5) is 25.6. The van der Waals surface area contributed by atoms with E-state index in [-0.39, 0.29) is 35.1 Å². The molecular weight excluding hydrogens is 382 g/mol. The Kier molecular flexibility index (Phi) is 6.26. The average molecular weight is 404 g/mol. The van der Waals surface area contributed by atoms with Gasteiger partial charge in [0.05, 0.1) is 12.1 Å². The molecule has 1 heterocycles. The molecule has 1 saturated heterocycles. The first-order valence-corrected chi connectivity index (χ1v) is 9.25. The summed E-state index contributed by atoms with van der Waals surface area (Å²) in [5, 5.41) is 3.62. The molecule has 1 unspecified atom stereocenters. The molecule has 3 N–H and O–H groups in total. The topological polar surface area (TPSA) is 93.9 Å². The smallest absolute Gasteiger partial charge is 0.255 e. The summed E-state index contributed by atoms with van der Waals surface area (Å²) in [5.41, 5.74) is 6.52. The third-order valence-corrected chi connectivity index (χ3v) is 4.74. The van der Waals surface area contributed by atoms with Crippen molar-refractivity contribution in [1.29, 1.82) is 0 Å². The quantitative estimate of drug-likeness (QED) is 0.740. The fraction of sp³-hybridized carbons (Fsp3) is 0.300. The van der Waals surface area contributed by atoms with Crippen molar-refractivity contribution in [3.8, 4) is 11.5 Å². The van der Waals surface area contributed by atoms with Crippen LogP contribution in [-0.4, -0.2) is 49.6 Å². The molecule has 0 aliphatic carbocycles. The van der Waals surface area contributed by atoms with Gasteiger partial charge in [-0.3, -0.25) is 9.59 Å². The number of likely N-dealkylation sites (tertiary alicyclic amines) is 1. The third-order valence-electron chi connectivity index (χ3n) is 4.46. The number of para-hydroxylation sites is 1. The second-order valence-electron chi connectivity index (χ2n) is 6.49. The first-order chi connectivity index (χ1) is 13.5. The summed E-state index contributed by atoms with van der Waals surface area (Å²) in [6.45, 7) is 0.902. The molecule has 148 valence electrons. The van der Waals surface area contributed by atoms with Gasteiger partial charge in [-0.05, 0) is 30.7 Å². The molecule has 2 aromatic carbocycles. The second kappa shape index (κ2) is 8.84. The maximum Gasteiger partial charge on any atom is 0.255 e. The van der Waals surface area contributed by atoms with Crippen LogP contribution in [0.4, 0.5) is 5.69 Å². The molecule has 7 nitrogen and oxygen atoms in total. The number of ether oxygens (including phenoxy) is 2. The fourth-order valence-electron chi connectivity index (χ4n) is 3.14. The number of carbonyl (C=O) groups excluding carboxylic acids is 2. The summed E-state index contributed by atoms with van der Waals surface area (Å²) in [5.74, 6) is -0.314. The van der Waals surface area contributed by atoms with Gasteiger partial charge in [-0.1, -0.05) is 29.8 Å². The Bertz CT molecular complexity index is 860. The third kappa shape index (κ3) is 4.67. The number of benzene rings is 2. The number of carbonyl (C=O) groups is 2. The number of hydrogen-bond donors (Lipinski definition) is 2. The Hall–Kier alpha value is -2.93. The highest BCUT2D eigenvalue weighted by atomic mass is 35.5. The maximum atomic E-state index is 12.9. The van der Waals surface area contributed by atoms with E-state index in [4.69, 9.17) is 26.8 Å². The van der Waals surface area contributed by atoms with Gasteiger partial charge in [0.25, 0.3) is 11.8 Å². The molecule has 0 radical (unpaired) electrons. The van der Waals surface area contributed by atoms with Crippen molar-refractivity contribution in [1.82, 2.24) is 4.90 Å². The minimum Gasteiger partial charge on any atom is -0.493 e. The number of nitrogens with two attached hydrogens (primary N) is 1. The van der Waals surface area contributed by atoms with Crippen LogP contribution in [0.1, 0.15) is 16.8 Å². The Balaban J connectivity index is 1.70. The molecule has 0 bridgehead atoms. The van der Waals surface area contributed by atoms with Crippen LogP contribution in [-0.2, 0) is 4.79 Å². The van der Waals surface area contributed by atoms with Crippen LogP contribution >= 0.6 is 11.6 Å². The van der Waals surface area contributed by atoms with E-state index in [0.29, 0.717) is 18.7 Å². The predicted molar refractivity (Wildman–Crippen MR) is 107 cm³/mol. The van der Waals surface area contributed by atoms with E-state index in [1.54, 1.807) is 11.0 Å². The Morgan fingerprint density at radius 1 is 1.29 bits per heavy atom. The first-order valence-electron chi connectivity index (χ1n) is 8.87. The molecule has 1 atom stereocenters. The van der Waals surface area contributed by atoms with Gasteiger partial charge in [0, 0.05) is 30.4 Å². The first kappa shape index (κ1) is 19.8. The van der Waals surface area contributed by atoms with Crippen molar-refractivity contribution in [2.24, 2.45) is 5.73 Å². The van der Waals surface area contributed by atoms with Crippen LogP contribution in [0.15, 0.2) is 42.5 Å². The molecule has 1 aliphatic rings. The highest BCUT2D eigenvalue weighted by Crippen LogP contribution is 2.37. The van der Waals surface area contributed by atoms with Gasteiger partial charge in [-0.25, -0.2) is 0 Å². The Morgan fingerprint density at radius 3 is 2.71 bits per heavy atom. The zero-order valence-corrected chi connectivity index (χ0v) is 16.2. The number of rotatable bonds is 7. The number of nitrogens with zero attached hydrogens (tertiary/aromatic N) is 1. The van der Waals surface area contributed by atoms with Crippen LogP contribution in [0.25, 0.3) is 0 Å². The molecule has 3 rings (SSSR count). The summed E-state index contributed by atoms with van der Waals surface area (Å²) < 4.78 is 10.6. The van der Waals surface area contributed by atoms with Gasteiger partial charge >= 0.3 is 0 Å². The zero-order valence-electron chi connectivity index (χ0n) is 15.5. The van der Waals surface area contributed by atoms with E-state index in [9.17, 15) is 9.59 Å². The van der Waals surface area contributed by atoms with Crippen LogP contribution in [0.2, 0.25) is 5.02 Å². The lowest BCUT2D eigenvalue weighted by Crippen LogP contribution is -2.31. The van der Waals surface area contributed by atoms with Gasteiger partial charge in [0.1, 0.15) is 0 Å². The lowest BCUT2D eigenvalue weighted by Gasteiger charge is -2.19. The summed E-state index contributed by atoms with van der Waals surface area (Å²) in [6.07, 6.45) is 0.852. The van der Waals surface area contributed by atoms with Gasteiger partial charge in [0.2, 0.25) is 0 Å². The number of amides is 2. The Morgan fingerprint density at radius 2 is 2.04 bits per heavy atom. The number of hydrogen-bond acceptors (Lipinski definition) is 5. The van der Waals surface area contributed by atoms with Gasteiger partial charge in [-0.2, -0.15) is 0 Å². The average Bonchev–Trinajstić information content (AvgIpc) is 3.14. The Labute approximate surface area is 168 Å². The molecule has 0 spiro atoms. The van der Waals surface area contributed by atoms with Crippen molar-refractivity contribution in [3.05, 3.63) is 53.1 Å². The molecule has 8 heteroatoms. The summed E-state index contributed by atoms with van der Waals surface area (Å²) >= 11 is 6.24. The maximum absolute atomic E-state index is 12.9. The van der Waals surface area contributed by atoms with Crippen molar-refractivity contribution in [2.45, 2.75) is 12.5 Å². The molecule has 28 heavy (non-hydrogen) atoms. The molecule has 2 amide bonds. The minimum absolute atomic E-state index is 0.140. The van der Waals surface area contributed by atoms with Gasteiger partial charge in [0.15, 0.2) is 18.1 Å². The van der Waals surface area contributed by atoms with E-state index >= 15 is 0 Å². The normalized spacial score (nSPS) is 15.9. The largest absolute Gasteiger partial charge is 0.493 e. The standard InChI is InChI=1S/C20H22ClN3O4/c1-27-17-10-13(9-16(21)19(17)28-12-18(22)25)20(26)24-8-7-15(11-24)23-14-5-3-2-4-6-14/h2-6,9-10,15,23H,7-8,11-12H2,1H3,(H2,22,25). The number of primary amides is 1. The predicted octanol–water partition coefficient (Wildman–Crippen LogP) is 2.54. The number of methoxy groups -OCH3 is 1. The second-order valence-corrected chi connectivity index (χ2v) is 6.90. The summed E-state index contributed by atoms with van der Waals surface area (Å²) in [7, 11) is 1.44. The molecule has 0 aromatic heterocycles.